The smallest absolute Gasteiger partial charge is 0.416 e. The number of ether oxygens (including phenoxy) is 2. The van der Waals surface area contributed by atoms with Crippen molar-refractivity contribution in [2.75, 3.05) is 33.3 Å². The Bertz CT molecular complexity index is 1240. The van der Waals surface area contributed by atoms with Crippen LogP contribution < -0.4 is 14.8 Å². The number of nitrogens with zero attached hydrogens (tertiary/aromatic N) is 2. The number of hydrogen-bond acceptors (Lipinski definition) is 6. The van der Waals surface area contributed by atoms with Gasteiger partial charge in [0, 0.05) is 37.3 Å². The summed E-state index contributed by atoms with van der Waals surface area (Å²) in [4.78, 5) is 18.3. The number of thioether (sulfide) groups is 1. The van der Waals surface area contributed by atoms with Gasteiger partial charge in [0.05, 0.1) is 17.6 Å². The van der Waals surface area contributed by atoms with Gasteiger partial charge in [-0.2, -0.15) is 26.9 Å². The molecule has 0 spiro atoms. The third kappa shape index (κ3) is 8.40. The van der Waals surface area contributed by atoms with E-state index in [9.17, 15) is 26.7 Å². The summed E-state index contributed by atoms with van der Waals surface area (Å²) in [6, 6.07) is 7.37. The Morgan fingerprint density at radius 3 is 2.36 bits per heavy atom. The lowest BCUT2D eigenvalue weighted by Gasteiger charge is -2.27. The zero-order valence-corrected chi connectivity index (χ0v) is 23.5. The Kier molecular flexibility index (Phi) is 10.4. The molecule has 1 atom stereocenters. The van der Waals surface area contributed by atoms with E-state index in [1.54, 1.807) is 18.2 Å². The van der Waals surface area contributed by atoms with E-state index in [1.165, 1.54) is 28.1 Å². The summed E-state index contributed by atoms with van der Waals surface area (Å²) >= 11 is 1.48. The zero-order chi connectivity index (χ0) is 28.8. The number of carbonyl (C=O) groups excluding carboxylic acids is 1. The van der Waals surface area contributed by atoms with Crippen LogP contribution in [-0.4, -0.2) is 49.3 Å². The minimum atomic E-state index is -4.78. The lowest BCUT2D eigenvalue weighted by Crippen LogP contribution is -2.45. The highest BCUT2D eigenvalue weighted by molar-refractivity contribution is 8.18. The average Bonchev–Trinajstić information content (AvgIpc) is 3.28. The molecule has 2 heterocycles. The molecule has 2 aliphatic rings. The molecule has 0 radical (unpaired) electrons. The number of halogens is 5. The van der Waals surface area contributed by atoms with Gasteiger partial charge in [0.15, 0.2) is 16.7 Å². The second-order valence-corrected chi connectivity index (χ2v) is 10.4. The van der Waals surface area contributed by atoms with Gasteiger partial charge in [-0.05, 0) is 49.4 Å². The summed E-state index contributed by atoms with van der Waals surface area (Å²) < 4.78 is 76.7. The molecule has 2 aromatic rings. The van der Waals surface area contributed by atoms with Crippen LogP contribution in [0.2, 0.25) is 0 Å². The third-order valence-electron chi connectivity index (χ3n) is 5.76. The molecular formula is C26H29F5N3O3PS. The predicted octanol–water partition coefficient (Wildman–Crippen LogP) is 5.95. The zero-order valence-electron chi connectivity index (χ0n) is 21.6. The van der Waals surface area contributed by atoms with Gasteiger partial charge in [0.2, 0.25) is 0 Å². The fourth-order valence-corrected chi connectivity index (χ4v) is 4.77. The van der Waals surface area contributed by atoms with Crippen LogP contribution in [0.15, 0.2) is 52.4 Å². The fraction of sp³-hybridized carbons (Fsp3) is 0.385. The van der Waals surface area contributed by atoms with E-state index in [0.29, 0.717) is 11.8 Å². The van der Waals surface area contributed by atoms with Gasteiger partial charge in [0.1, 0.15) is 6.61 Å². The van der Waals surface area contributed by atoms with E-state index in [-0.39, 0.29) is 17.2 Å². The van der Waals surface area contributed by atoms with Crippen molar-refractivity contribution in [1.29, 1.82) is 0 Å². The number of amidine groups is 1. The topological polar surface area (TPSA) is 63.2 Å². The van der Waals surface area contributed by atoms with Crippen molar-refractivity contribution in [3.05, 3.63) is 69.6 Å². The monoisotopic (exact) mass is 589 g/mol. The highest BCUT2D eigenvalue weighted by Crippen LogP contribution is 2.40. The maximum atomic E-state index is 13.3. The quantitative estimate of drug-likeness (QED) is 0.264. The van der Waals surface area contributed by atoms with Crippen molar-refractivity contribution in [3.63, 3.8) is 0 Å². The molecule has 6 nitrogen and oxygen atoms in total. The number of benzene rings is 2. The lowest BCUT2D eigenvalue weighted by atomic mass is 10.0. The van der Waals surface area contributed by atoms with Crippen LogP contribution in [0.1, 0.15) is 29.2 Å². The highest BCUT2D eigenvalue weighted by atomic mass is 32.2. The number of aryl methyl sites for hydroxylation is 1. The van der Waals surface area contributed by atoms with E-state index in [2.05, 4.69) is 15.2 Å². The SMILES string of the molecule is CC=C1SC(N2CCNCC2)=NC1=O.COc1cc(C)ccc1OCc1ccc(C(F)(F)P)cc1C(F)(F)F. The minimum Gasteiger partial charge on any atom is -0.493 e. The molecular weight excluding hydrogens is 560 g/mol. The first-order valence-electron chi connectivity index (χ1n) is 11.9. The first-order valence-corrected chi connectivity index (χ1v) is 13.3. The van der Waals surface area contributed by atoms with Gasteiger partial charge >= 0.3 is 6.18 Å². The molecule has 2 aliphatic heterocycles. The van der Waals surface area contributed by atoms with Crippen LogP contribution in [0.25, 0.3) is 0 Å². The predicted molar refractivity (Wildman–Crippen MR) is 145 cm³/mol. The van der Waals surface area contributed by atoms with Crippen molar-refractivity contribution in [2.24, 2.45) is 4.99 Å². The van der Waals surface area contributed by atoms with Gasteiger partial charge in [-0.15, -0.1) is 0 Å². The average molecular weight is 590 g/mol. The number of amides is 1. The molecule has 1 amide bonds. The van der Waals surface area contributed by atoms with Gasteiger partial charge < -0.3 is 19.7 Å². The Morgan fingerprint density at radius 2 is 1.79 bits per heavy atom. The van der Waals surface area contributed by atoms with Crippen LogP contribution in [-0.2, 0) is 23.2 Å². The van der Waals surface area contributed by atoms with Crippen LogP contribution in [0, 0.1) is 6.92 Å². The molecule has 13 heteroatoms. The van der Waals surface area contributed by atoms with Crippen molar-refractivity contribution in [1.82, 2.24) is 10.2 Å². The number of hydrogen-bond donors (Lipinski definition) is 1. The molecule has 4 rings (SSSR count). The standard InChI is InChI=1S/C17H16F5O2P.C9H13N3OS/c1-10-3-6-14(15(7-10)23-2)24-9-11-4-5-12(17(21,22)25)8-13(11)16(18,19)20;1-2-7-8(13)11-9(14-7)12-5-3-10-4-6-12/h3-8H,9,25H2,1-2H3;2,10H,3-6H2,1H3. The number of nitrogens with one attached hydrogen (secondary N) is 1. The molecule has 1 unspecified atom stereocenters. The number of rotatable bonds is 5. The third-order valence-corrected chi connectivity index (χ3v) is 7.26. The molecule has 39 heavy (non-hydrogen) atoms. The molecule has 0 aromatic heterocycles. The second-order valence-electron chi connectivity index (χ2n) is 8.63. The summed E-state index contributed by atoms with van der Waals surface area (Å²) in [5.41, 5.74) is -4.68. The largest absolute Gasteiger partial charge is 0.493 e. The molecule has 1 fully saturated rings. The molecule has 0 aliphatic carbocycles. The molecule has 0 saturated carbocycles. The van der Waals surface area contributed by atoms with Crippen molar-refractivity contribution in [2.45, 2.75) is 32.3 Å². The van der Waals surface area contributed by atoms with Gasteiger partial charge in [-0.1, -0.05) is 33.5 Å². The van der Waals surface area contributed by atoms with Gasteiger partial charge in [-0.3, -0.25) is 4.79 Å². The lowest BCUT2D eigenvalue weighted by molar-refractivity contribution is -0.138. The Balaban J connectivity index is 0.000000252. The number of carbonyl (C=O) groups is 1. The summed E-state index contributed by atoms with van der Waals surface area (Å²) in [6.07, 6.45) is -2.95. The first kappa shape index (κ1) is 30.8. The minimum absolute atomic E-state index is 0.0916. The number of methoxy groups -OCH3 is 1. The van der Waals surface area contributed by atoms with Crippen LogP contribution >= 0.6 is 21.0 Å². The Morgan fingerprint density at radius 1 is 1.10 bits per heavy atom. The highest BCUT2D eigenvalue weighted by Gasteiger charge is 2.36. The van der Waals surface area contributed by atoms with E-state index in [0.717, 1.165) is 53.9 Å². The molecule has 2 aromatic carbocycles. The fourth-order valence-electron chi connectivity index (χ4n) is 3.70. The van der Waals surface area contributed by atoms with Crippen LogP contribution in [0.5, 0.6) is 11.5 Å². The van der Waals surface area contributed by atoms with E-state index in [1.807, 2.05) is 19.9 Å². The van der Waals surface area contributed by atoms with E-state index >= 15 is 0 Å². The van der Waals surface area contributed by atoms with Gasteiger partial charge in [-0.25, -0.2) is 0 Å². The molecule has 1 N–H and O–H groups in total. The Hall–Kier alpha value is -2.69. The van der Waals surface area contributed by atoms with Crippen molar-refractivity contribution < 1.29 is 36.2 Å². The van der Waals surface area contributed by atoms with Crippen molar-refractivity contribution >= 4 is 32.1 Å². The summed E-state index contributed by atoms with van der Waals surface area (Å²) in [5, 5.41) is 4.13. The Labute approximate surface area is 230 Å². The maximum absolute atomic E-state index is 13.3. The van der Waals surface area contributed by atoms with Crippen LogP contribution in [0.4, 0.5) is 22.0 Å². The van der Waals surface area contributed by atoms with Crippen LogP contribution in [0.3, 0.4) is 0 Å². The van der Waals surface area contributed by atoms with Crippen molar-refractivity contribution in [3.8, 4) is 11.5 Å². The maximum Gasteiger partial charge on any atom is 0.416 e. The summed E-state index contributed by atoms with van der Waals surface area (Å²) in [6.45, 7) is 7.09. The summed E-state index contributed by atoms with van der Waals surface area (Å²) in [7, 11) is 2.64. The number of allylic oxidation sites excluding steroid dienone is 1. The molecule has 0 bridgehead atoms. The van der Waals surface area contributed by atoms with Gasteiger partial charge in [0.25, 0.3) is 11.6 Å². The van der Waals surface area contributed by atoms with E-state index in [4.69, 9.17) is 9.47 Å². The number of aliphatic imine (C=N–C) groups is 1. The number of piperazine rings is 1. The first-order chi connectivity index (χ1) is 18.3. The van der Waals surface area contributed by atoms with E-state index < -0.39 is 29.6 Å². The molecule has 212 valence electrons. The molecule has 1 saturated heterocycles. The summed E-state index contributed by atoms with van der Waals surface area (Å²) in [5.74, 6) is 0.550. The number of alkyl halides is 5. The second kappa shape index (κ2) is 13.1. The normalized spacial score (nSPS) is 17.1.